The summed E-state index contributed by atoms with van der Waals surface area (Å²) in [6, 6.07) is 1.98. The first-order valence-electron chi connectivity index (χ1n) is 8.87. The zero-order valence-corrected chi connectivity index (χ0v) is 16.7. The van der Waals surface area contributed by atoms with Crippen LogP contribution in [0.15, 0.2) is 16.8 Å². The molecular weight excluding hydrogens is 370 g/mol. The first-order chi connectivity index (χ1) is 12.6. The van der Waals surface area contributed by atoms with Crippen molar-refractivity contribution in [1.29, 1.82) is 0 Å². The zero-order valence-electron chi connectivity index (χ0n) is 15.1. The van der Waals surface area contributed by atoms with E-state index in [1.165, 1.54) is 11.3 Å². The highest BCUT2D eigenvalue weighted by atomic mass is 32.1. The van der Waals surface area contributed by atoms with Gasteiger partial charge in [-0.05, 0) is 38.1 Å². The first-order valence-corrected chi connectivity index (χ1v) is 10.6. The minimum atomic E-state index is -0.209. The summed E-state index contributed by atoms with van der Waals surface area (Å²) >= 11 is 3.00. The topological polar surface area (TPSA) is 79.4 Å². The van der Waals surface area contributed by atoms with Crippen LogP contribution in [0.5, 0.6) is 0 Å². The average Bonchev–Trinajstić information content (AvgIpc) is 3.27. The van der Waals surface area contributed by atoms with Crippen LogP contribution in [0, 0.1) is 0 Å². The number of amides is 2. The van der Waals surface area contributed by atoms with Crippen LogP contribution >= 0.6 is 22.7 Å². The third kappa shape index (κ3) is 5.73. The Bertz CT molecular complexity index is 681. The molecule has 0 atom stereocenters. The van der Waals surface area contributed by atoms with Gasteiger partial charge < -0.3 is 15.0 Å². The Morgan fingerprint density at radius 1 is 1.38 bits per heavy atom. The van der Waals surface area contributed by atoms with Crippen LogP contribution in [0.2, 0.25) is 0 Å². The number of piperidine rings is 1. The summed E-state index contributed by atoms with van der Waals surface area (Å²) in [6.07, 6.45) is 2.18. The van der Waals surface area contributed by atoms with Gasteiger partial charge in [0.05, 0.1) is 12.7 Å². The van der Waals surface area contributed by atoms with Crippen LogP contribution in [0.3, 0.4) is 0 Å². The zero-order chi connectivity index (χ0) is 18.4. The maximum absolute atomic E-state index is 12.2. The quantitative estimate of drug-likeness (QED) is 0.752. The minimum absolute atomic E-state index is 0.196. The molecule has 26 heavy (non-hydrogen) atoms. The number of urea groups is 1. The molecule has 1 saturated heterocycles. The molecule has 2 aromatic heterocycles. The summed E-state index contributed by atoms with van der Waals surface area (Å²) in [6.45, 7) is 7.78. The fraction of sp³-hybridized carbons (Fsp3) is 0.588. The molecular formula is C17H25N5O2S2. The van der Waals surface area contributed by atoms with E-state index in [-0.39, 0.29) is 18.2 Å². The van der Waals surface area contributed by atoms with Crippen molar-refractivity contribution in [3.05, 3.63) is 16.8 Å². The van der Waals surface area contributed by atoms with E-state index in [0.717, 1.165) is 49.7 Å². The Balaban J connectivity index is 1.38. The average molecular weight is 396 g/mol. The van der Waals surface area contributed by atoms with Crippen LogP contribution in [-0.4, -0.2) is 59.5 Å². The molecule has 0 radical (unpaired) electrons. The molecule has 3 rings (SSSR count). The summed E-state index contributed by atoms with van der Waals surface area (Å²) < 4.78 is 5.60. The van der Waals surface area contributed by atoms with E-state index in [9.17, 15) is 4.79 Å². The number of thiophene rings is 1. The van der Waals surface area contributed by atoms with E-state index in [2.05, 4.69) is 39.6 Å². The number of hydrogen-bond donors (Lipinski definition) is 2. The molecule has 0 spiro atoms. The van der Waals surface area contributed by atoms with Crippen molar-refractivity contribution in [3.63, 3.8) is 0 Å². The number of rotatable bonds is 7. The molecule has 0 aliphatic carbocycles. The molecule has 2 N–H and O–H groups in total. The molecule has 1 aliphatic heterocycles. The standard InChI is InChI=1S/C17H25N5O2S2/c1-12(2)24-9-8-22-6-3-14(4-7-22)18-16(23)19-17-21-20-15(26-17)13-5-10-25-11-13/h5,10-12,14H,3-4,6-9H2,1-2H3,(H2,18,19,21,23). The summed E-state index contributed by atoms with van der Waals surface area (Å²) in [5.41, 5.74) is 1.04. The van der Waals surface area contributed by atoms with Gasteiger partial charge in [0, 0.05) is 36.6 Å². The number of hydrogen-bond acceptors (Lipinski definition) is 7. The van der Waals surface area contributed by atoms with E-state index < -0.39 is 0 Å². The largest absolute Gasteiger partial charge is 0.377 e. The number of nitrogens with one attached hydrogen (secondary N) is 2. The fourth-order valence-corrected chi connectivity index (χ4v) is 4.26. The molecule has 1 aliphatic rings. The number of anilines is 1. The van der Waals surface area contributed by atoms with Crippen LogP contribution in [-0.2, 0) is 4.74 Å². The van der Waals surface area contributed by atoms with Crippen LogP contribution in [0.1, 0.15) is 26.7 Å². The van der Waals surface area contributed by atoms with Crippen molar-refractivity contribution in [3.8, 4) is 10.6 Å². The highest BCUT2D eigenvalue weighted by molar-refractivity contribution is 7.19. The van der Waals surface area contributed by atoms with Gasteiger partial charge in [0.15, 0.2) is 0 Å². The van der Waals surface area contributed by atoms with E-state index in [0.29, 0.717) is 5.13 Å². The SMILES string of the molecule is CC(C)OCCN1CCC(NC(=O)Nc2nnc(-c3ccsc3)s2)CC1. The Morgan fingerprint density at radius 2 is 2.19 bits per heavy atom. The highest BCUT2D eigenvalue weighted by Gasteiger charge is 2.21. The van der Waals surface area contributed by atoms with E-state index in [1.54, 1.807) is 11.3 Å². The maximum atomic E-state index is 12.2. The van der Waals surface area contributed by atoms with Crippen molar-refractivity contribution in [2.24, 2.45) is 0 Å². The van der Waals surface area contributed by atoms with E-state index in [4.69, 9.17) is 4.74 Å². The maximum Gasteiger partial charge on any atom is 0.321 e. The lowest BCUT2D eigenvalue weighted by Crippen LogP contribution is -2.46. The lowest BCUT2D eigenvalue weighted by molar-refractivity contribution is 0.0530. The fourth-order valence-electron chi connectivity index (χ4n) is 2.81. The van der Waals surface area contributed by atoms with Gasteiger partial charge in [0.2, 0.25) is 5.13 Å². The Labute approximate surface area is 161 Å². The highest BCUT2D eigenvalue weighted by Crippen LogP contribution is 2.27. The van der Waals surface area contributed by atoms with Crippen LogP contribution < -0.4 is 10.6 Å². The number of likely N-dealkylation sites (tertiary alicyclic amines) is 1. The van der Waals surface area contributed by atoms with Crippen molar-refractivity contribution in [1.82, 2.24) is 20.4 Å². The smallest absolute Gasteiger partial charge is 0.321 e. The molecule has 2 aromatic rings. The Hall–Kier alpha value is -1.55. The van der Waals surface area contributed by atoms with Crippen LogP contribution in [0.25, 0.3) is 10.6 Å². The number of carbonyl (C=O) groups excluding carboxylic acids is 1. The minimum Gasteiger partial charge on any atom is -0.377 e. The number of ether oxygens (including phenoxy) is 1. The number of carbonyl (C=O) groups is 1. The van der Waals surface area contributed by atoms with Gasteiger partial charge in [-0.25, -0.2) is 4.79 Å². The summed E-state index contributed by atoms with van der Waals surface area (Å²) in [5.74, 6) is 0. The Kier molecular flexibility index (Phi) is 6.95. The lowest BCUT2D eigenvalue weighted by Gasteiger charge is -2.32. The molecule has 0 aromatic carbocycles. The molecule has 0 saturated carbocycles. The monoisotopic (exact) mass is 395 g/mol. The normalized spacial score (nSPS) is 16.1. The van der Waals surface area contributed by atoms with Crippen molar-refractivity contribution >= 4 is 33.8 Å². The first kappa shape index (κ1) is 19.2. The molecule has 1 fully saturated rings. The third-order valence-corrected chi connectivity index (χ3v) is 5.77. The van der Waals surface area contributed by atoms with E-state index in [1.807, 2.05) is 16.8 Å². The van der Waals surface area contributed by atoms with E-state index >= 15 is 0 Å². The third-order valence-electron chi connectivity index (χ3n) is 4.20. The lowest BCUT2D eigenvalue weighted by atomic mass is 10.1. The van der Waals surface area contributed by atoms with Gasteiger partial charge in [-0.1, -0.05) is 11.3 Å². The molecule has 3 heterocycles. The molecule has 7 nitrogen and oxygen atoms in total. The van der Waals surface area contributed by atoms with Crippen LogP contribution in [0.4, 0.5) is 9.93 Å². The van der Waals surface area contributed by atoms with Gasteiger partial charge in [0.25, 0.3) is 0 Å². The number of aromatic nitrogens is 2. The molecule has 0 unspecified atom stereocenters. The second-order valence-corrected chi connectivity index (χ2v) is 8.32. The molecule has 0 bridgehead atoms. The predicted octanol–water partition coefficient (Wildman–Crippen LogP) is 3.28. The summed E-state index contributed by atoms with van der Waals surface area (Å²) in [4.78, 5) is 14.6. The predicted molar refractivity (Wildman–Crippen MR) is 106 cm³/mol. The Morgan fingerprint density at radius 3 is 2.88 bits per heavy atom. The molecule has 2 amide bonds. The van der Waals surface area contributed by atoms with Gasteiger partial charge >= 0.3 is 6.03 Å². The second-order valence-electron chi connectivity index (χ2n) is 6.56. The summed E-state index contributed by atoms with van der Waals surface area (Å²) in [5, 5.41) is 19.4. The second kappa shape index (κ2) is 9.40. The van der Waals surface area contributed by atoms with Gasteiger partial charge in [0.1, 0.15) is 5.01 Å². The van der Waals surface area contributed by atoms with Crippen molar-refractivity contribution < 1.29 is 9.53 Å². The van der Waals surface area contributed by atoms with Gasteiger partial charge in [-0.2, -0.15) is 11.3 Å². The van der Waals surface area contributed by atoms with Gasteiger partial charge in [-0.15, -0.1) is 10.2 Å². The number of nitrogens with zero attached hydrogens (tertiary/aromatic N) is 3. The molecule has 142 valence electrons. The van der Waals surface area contributed by atoms with Crippen molar-refractivity contribution in [2.75, 3.05) is 31.6 Å². The molecule has 9 heteroatoms. The summed E-state index contributed by atoms with van der Waals surface area (Å²) in [7, 11) is 0. The van der Waals surface area contributed by atoms with Crippen molar-refractivity contribution in [2.45, 2.75) is 38.8 Å². The van der Waals surface area contributed by atoms with Gasteiger partial charge in [-0.3, -0.25) is 5.32 Å².